The van der Waals surface area contributed by atoms with Crippen molar-refractivity contribution in [2.75, 3.05) is 7.11 Å². The lowest BCUT2D eigenvalue weighted by Gasteiger charge is -2.04. The van der Waals surface area contributed by atoms with Crippen LogP contribution in [-0.4, -0.2) is 28.0 Å². The summed E-state index contributed by atoms with van der Waals surface area (Å²) in [5, 5.41) is 0.661. The Bertz CT molecular complexity index is 1070. The molecule has 0 unspecified atom stereocenters. The number of ether oxygens (including phenoxy) is 1. The van der Waals surface area contributed by atoms with Crippen LogP contribution >= 0.6 is 46.1 Å². The van der Waals surface area contributed by atoms with E-state index in [0.29, 0.717) is 15.8 Å². The lowest BCUT2D eigenvalue weighted by Crippen LogP contribution is -2.11. The highest BCUT2D eigenvalue weighted by Crippen LogP contribution is 2.31. The number of aromatic nitrogens is 3. The van der Waals surface area contributed by atoms with Crippen molar-refractivity contribution in [1.82, 2.24) is 15.0 Å². The number of hydrogen-bond acceptors (Lipinski definition) is 6. The molecule has 0 spiro atoms. The summed E-state index contributed by atoms with van der Waals surface area (Å²) in [6, 6.07) is 4.44. The number of fused-ring (bicyclic) bond motifs is 1. The van der Waals surface area contributed by atoms with E-state index in [4.69, 9.17) is 34.8 Å². The molecule has 0 radical (unpaired) electrons. The maximum absolute atomic E-state index is 12.2. The van der Waals surface area contributed by atoms with E-state index in [0.717, 1.165) is 11.3 Å². The molecule has 10 heteroatoms. The number of hydrogen-bond donors (Lipinski definition) is 1. The number of nitrogens with zero attached hydrogens (tertiary/aromatic N) is 2. The minimum absolute atomic E-state index is 0.127. The van der Waals surface area contributed by atoms with Crippen LogP contribution in [-0.2, 0) is 4.74 Å². The Morgan fingerprint density at radius 2 is 2.08 bits per heavy atom. The SMILES string of the molecule is COC(=O)c1ccc2c(=O)[nH]c(/C(Cl)=C/c3sc(Cl)nc3Cl)nc2c1. The molecule has 3 aromatic rings. The largest absolute Gasteiger partial charge is 0.465 e. The molecule has 0 amide bonds. The zero-order valence-corrected chi connectivity index (χ0v) is 15.6. The van der Waals surface area contributed by atoms with Crippen molar-refractivity contribution in [1.29, 1.82) is 0 Å². The van der Waals surface area contributed by atoms with Crippen LogP contribution in [0, 0.1) is 0 Å². The maximum Gasteiger partial charge on any atom is 0.337 e. The third-order valence-electron chi connectivity index (χ3n) is 3.20. The van der Waals surface area contributed by atoms with Gasteiger partial charge < -0.3 is 9.72 Å². The zero-order chi connectivity index (χ0) is 18.1. The molecule has 0 atom stereocenters. The average molecular weight is 417 g/mol. The number of halogens is 3. The fourth-order valence-corrected chi connectivity index (χ4v) is 3.63. The number of methoxy groups -OCH3 is 1. The van der Waals surface area contributed by atoms with E-state index in [1.807, 2.05) is 0 Å². The van der Waals surface area contributed by atoms with Crippen LogP contribution in [0.15, 0.2) is 23.0 Å². The van der Waals surface area contributed by atoms with E-state index in [2.05, 4.69) is 19.7 Å². The highest BCUT2D eigenvalue weighted by Gasteiger charge is 2.12. The highest BCUT2D eigenvalue weighted by molar-refractivity contribution is 7.17. The third-order valence-corrected chi connectivity index (χ3v) is 4.99. The van der Waals surface area contributed by atoms with Crippen LogP contribution in [0.25, 0.3) is 22.0 Å². The number of nitrogens with one attached hydrogen (secondary N) is 1. The number of aromatic amines is 1. The van der Waals surface area contributed by atoms with E-state index in [-0.39, 0.29) is 26.0 Å². The van der Waals surface area contributed by atoms with E-state index in [9.17, 15) is 9.59 Å². The van der Waals surface area contributed by atoms with Gasteiger partial charge in [-0.25, -0.2) is 14.8 Å². The number of carbonyl (C=O) groups is 1. The van der Waals surface area contributed by atoms with Gasteiger partial charge in [-0.3, -0.25) is 4.79 Å². The Balaban J connectivity index is 2.11. The quantitative estimate of drug-likeness (QED) is 0.646. The number of rotatable bonds is 3. The molecule has 0 saturated heterocycles. The molecule has 6 nitrogen and oxygen atoms in total. The van der Waals surface area contributed by atoms with Crippen molar-refractivity contribution >= 4 is 74.1 Å². The van der Waals surface area contributed by atoms with Crippen molar-refractivity contribution < 1.29 is 9.53 Å². The molecule has 0 aliphatic heterocycles. The maximum atomic E-state index is 12.2. The molecule has 2 aromatic heterocycles. The van der Waals surface area contributed by atoms with Crippen LogP contribution < -0.4 is 5.56 Å². The number of H-pyrrole nitrogens is 1. The molecule has 0 aliphatic carbocycles. The minimum atomic E-state index is -0.529. The van der Waals surface area contributed by atoms with Crippen LogP contribution in [0.3, 0.4) is 0 Å². The first-order valence-corrected chi connectivity index (χ1v) is 8.66. The second-order valence-corrected chi connectivity index (χ2v) is 7.13. The van der Waals surface area contributed by atoms with Crippen LogP contribution in [0.2, 0.25) is 9.62 Å². The molecule has 25 heavy (non-hydrogen) atoms. The van der Waals surface area contributed by atoms with Gasteiger partial charge in [0.15, 0.2) is 10.3 Å². The van der Waals surface area contributed by atoms with Gasteiger partial charge in [0.1, 0.15) is 5.15 Å². The Kier molecular flexibility index (Phi) is 5.10. The van der Waals surface area contributed by atoms with Crippen LogP contribution in [0.1, 0.15) is 21.1 Å². The summed E-state index contributed by atoms with van der Waals surface area (Å²) in [7, 11) is 1.27. The lowest BCUT2D eigenvalue weighted by atomic mass is 10.1. The molecule has 1 aromatic carbocycles. The van der Waals surface area contributed by atoms with Crippen molar-refractivity contribution in [3.8, 4) is 0 Å². The van der Waals surface area contributed by atoms with Gasteiger partial charge in [-0.1, -0.05) is 34.8 Å². The fourth-order valence-electron chi connectivity index (χ4n) is 2.06. The van der Waals surface area contributed by atoms with Gasteiger partial charge >= 0.3 is 5.97 Å². The van der Waals surface area contributed by atoms with Gasteiger partial charge in [0.05, 0.1) is 33.5 Å². The third kappa shape index (κ3) is 3.69. The number of carbonyl (C=O) groups excluding carboxylic acids is 1. The molecule has 1 N–H and O–H groups in total. The van der Waals surface area contributed by atoms with E-state index < -0.39 is 11.5 Å². The molecule has 3 rings (SSSR count). The molecule has 128 valence electrons. The average Bonchev–Trinajstić information content (AvgIpc) is 2.90. The molecule has 0 fully saturated rings. The number of benzene rings is 1. The normalized spacial score (nSPS) is 11.8. The Morgan fingerprint density at radius 3 is 2.72 bits per heavy atom. The van der Waals surface area contributed by atoms with E-state index in [1.165, 1.54) is 31.4 Å². The van der Waals surface area contributed by atoms with Gasteiger partial charge in [-0.05, 0) is 24.3 Å². The second kappa shape index (κ2) is 7.13. The summed E-state index contributed by atoms with van der Waals surface area (Å²) < 4.78 is 4.93. The van der Waals surface area contributed by atoms with Gasteiger partial charge in [-0.2, -0.15) is 0 Å². The predicted molar refractivity (Wildman–Crippen MR) is 99.6 cm³/mol. The highest BCUT2D eigenvalue weighted by atomic mass is 35.5. The molecule has 0 saturated carbocycles. The summed E-state index contributed by atoms with van der Waals surface area (Å²) in [6.07, 6.45) is 1.50. The van der Waals surface area contributed by atoms with Gasteiger partial charge in [0, 0.05) is 0 Å². The van der Waals surface area contributed by atoms with E-state index in [1.54, 1.807) is 0 Å². The minimum Gasteiger partial charge on any atom is -0.465 e. The molecule has 0 aliphatic rings. The van der Waals surface area contributed by atoms with Crippen LogP contribution in [0.5, 0.6) is 0 Å². The van der Waals surface area contributed by atoms with Gasteiger partial charge in [-0.15, -0.1) is 11.3 Å². The Labute approximate surface area is 160 Å². The summed E-state index contributed by atoms with van der Waals surface area (Å²) in [4.78, 5) is 35.1. The Morgan fingerprint density at radius 1 is 1.32 bits per heavy atom. The monoisotopic (exact) mass is 415 g/mol. The van der Waals surface area contributed by atoms with Crippen molar-refractivity contribution in [2.45, 2.75) is 0 Å². The van der Waals surface area contributed by atoms with Crippen molar-refractivity contribution in [3.63, 3.8) is 0 Å². The van der Waals surface area contributed by atoms with Crippen molar-refractivity contribution in [2.24, 2.45) is 0 Å². The molecule has 2 heterocycles. The smallest absolute Gasteiger partial charge is 0.337 e. The summed E-state index contributed by atoms with van der Waals surface area (Å²) in [5.74, 6) is -0.403. The first-order valence-electron chi connectivity index (χ1n) is 6.71. The zero-order valence-electron chi connectivity index (χ0n) is 12.5. The van der Waals surface area contributed by atoms with Crippen molar-refractivity contribution in [3.05, 3.63) is 54.4 Å². The topological polar surface area (TPSA) is 84.9 Å². The molecular formula is C15H8Cl3N3O3S. The first-order chi connectivity index (χ1) is 11.9. The summed E-state index contributed by atoms with van der Waals surface area (Å²) in [5.41, 5.74) is 0.189. The van der Waals surface area contributed by atoms with Gasteiger partial charge in [0.25, 0.3) is 5.56 Å². The fraction of sp³-hybridized carbons (Fsp3) is 0.0667. The standard InChI is InChI=1S/C15H8Cl3N3O3S/c1-24-14(23)6-2-3-7-9(4-6)19-12(21-13(7)22)8(16)5-10-11(17)20-15(18)25-10/h2-5H,1H3,(H,19,21,22)/b8-5-. The van der Waals surface area contributed by atoms with Gasteiger partial charge in [0.2, 0.25) is 0 Å². The number of esters is 1. The van der Waals surface area contributed by atoms with E-state index >= 15 is 0 Å². The van der Waals surface area contributed by atoms with Crippen LogP contribution in [0.4, 0.5) is 0 Å². The molecular weight excluding hydrogens is 409 g/mol. The molecule has 0 bridgehead atoms. The number of thiazole rings is 1. The second-order valence-electron chi connectivity index (χ2n) is 4.75. The first kappa shape index (κ1) is 17.9. The Hall–Kier alpha value is -1.93. The predicted octanol–water partition coefficient (Wildman–Crippen LogP) is 4.21. The lowest BCUT2D eigenvalue weighted by molar-refractivity contribution is 0.0601. The summed E-state index contributed by atoms with van der Waals surface area (Å²) in [6.45, 7) is 0. The summed E-state index contributed by atoms with van der Waals surface area (Å²) >= 11 is 19.1.